The van der Waals surface area contributed by atoms with E-state index in [9.17, 15) is 14.7 Å². The van der Waals surface area contributed by atoms with Gasteiger partial charge in [0.25, 0.3) is 0 Å². The fourth-order valence-corrected chi connectivity index (χ4v) is 2.53. The molecule has 0 aliphatic rings. The van der Waals surface area contributed by atoms with Crippen molar-refractivity contribution in [3.05, 3.63) is 47.5 Å². The van der Waals surface area contributed by atoms with Crippen molar-refractivity contribution in [3.63, 3.8) is 0 Å². The van der Waals surface area contributed by atoms with Crippen molar-refractivity contribution in [1.29, 1.82) is 0 Å². The highest BCUT2D eigenvalue weighted by atomic mass is 16.5. The minimum absolute atomic E-state index is 0.0158. The van der Waals surface area contributed by atoms with Gasteiger partial charge in [0.2, 0.25) is 5.91 Å². The molecule has 0 saturated heterocycles. The zero-order valence-electron chi connectivity index (χ0n) is 15.6. The van der Waals surface area contributed by atoms with E-state index in [1.54, 1.807) is 6.07 Å². The number of aromatic carboxylic acids is 1. The molecule has 7 heteroatoms. The lowest BCUT2D eigenvalue weighted by atomic mass is 10.1. The quantitative estimate of drug-likeness (QED) is 0.700. The van der Waals surface area contributed by atoms with Gasteiger partial charge in [0.1, 0.15) is 5.75 Å². The normalized spacial score (nSPS) is 10.2. The van der Waals surface area contributed by atoms with Gasteiger partial charge >= 0.3 is 5.97 Å². The molecular weight excluding hydrogens is 350 g/mol. The number of nitrogens with one attached hydrogen (secondary N) is 1. The van der Waals surface area contributed by atoms with Crippen molar-refractivity contribution < 1.29 is 28.9 Å². The van der Waals surface area contributed by atoms with Gasteiger partial charge in [-0.3, -0.25) is 4.79 Å². The molecule has 1 amide bonds. The molecule has 0 spiro atoms. The standard InChI is InChI=1S/C20H23NO6/c1-4-8-27-15-7-5-6-13(9-15)10-18(22)21-16-11-14(20(23)24)12-17(25-2)19(16)26-3/h5-7,9,11-12H,4,8,10H2,1-3H3,(H,21,22)(H,23,24). The van der Waals surface area contributed by atoms with E-state index in [0.717, 1.165) is 12.0 Å². The maximum absolute atomic E-state index is 12.5. The summed E-state index contributed by atoms with van der Waals surface area (Å²) in [5, 5.41) is 11.9. The van der Waals surface area contributed by atoms with E-state index in [1.165, 1.54) is 26.4 Å². The van der Waals surface area contributed by atoms with Crippen LogP contribution in [0.15, 0.2) is 36.4 Å². The molecule has 0 aromatic heterocycles. The first-order valence-electron chi connectivity index (χ1n) is 8.49. The molecule has 2 aromatic rings. The van der Waals surface area contributed by atoms with E-state index in [0.29, 0.717) is 12.4 Å². The second kappa shape index (κ2) is 9.47. The summed E-state index contributed by atoms with van der Waals surface area (Å²) in [6.45, 7) is 2.62. The molecule has 0 aliphatic heterocycles. The van der Waals surface area contributed by atoms with Crippen LogP contribution in [-0.2, 0) is 11.2 Å². The van der Waals surface area contributed by atoms with E-state index in [-0.39, 0.29) is 35.1 Å². The number of carbonyl (C=O) groups is 2. The van der Waals surface area contributed by atoms with Crippen molar-refractivity contribution in [1.82, 2.24) is 0 Å². The number of rotatable bonds is 9. The summed E-state index contributed by atoms with van der Waals surface area (Å²) in [6, 6.07) is 9.96. The average Bonchev–Trinajstić information content (AvgIpc) is 2.65. The average molecular weight is 373 g/mol. The largest absolute Gasteiger partial charge is 0.494 e. The molecule has 144 valence electrons. The molecule has 0 heterocycles. The SMILES string of the molecule is CCCOc1cccc(CC(=O)Nc2cc(C(=O)O)cc(OC)c2OC)c1. The Bertz CT molecular complexity index is 818. The summed E-state index contributed by atoms with van der Waals surface area (Å²) < 4.78 is 16.0. The second-order valence-electron chi connectivity index (χ2n) is 5.79. The summed E-state index contributed by atoms with van der Waals surface area (Å²) in [6.07, 6.45) is 0.998. The number of ether oxygens (including phenoxy) is 3. The van der Waals surface area contributed by atoms with Crippen LogP contribution in [0.3, 0.4) is 0 Å². The van der Waals surface area contributed by atoms with Crippen molar-refractivity contribution in [2.24, 2.45) is 0 Å². The Morgan fingerprint density at radius 2 is 1.89 bits per heavy atom. The number of carbonyl (C=O) groups excluding carboxylic acids is 1. The Labute approximate surface area is 157 Å². The molecule has 27 heavy (non-hydrogen) atoms. The third-order valence-electron chi connectivity index (χ3n) is 3.74. The summed E-state index contributed by atoms with van der Waals surface area (Å²) in [5.41, 5.74) is 0.997. The molecule has 7 nitrogen and oxygen atoms in total. The van der Waals surface area contributed by atoms with Gasteiger partial charge in [-0.15, -0.1) is 0 Å². The maximum Gasteiger partial charge on any atom is 0.335 e. The monoisotopic (exact) mass is 373 g/mol. The third-order valence-corrected chi connectivity index (χ3v) is 3.74. The number of hydrogen-bond donors (Lipinski definition) is 2. The molecule has 0 atom stereocenters. The first-order chi connectivity index (χ1) is 13.0. The molecule has 0 fully saturated rings. The summed E-state index contributed by atoms with van der Waals surface area (Å²) in [5.74, 6) is -0.259. The molecule has 0 bridgehead atoms. The predicted molar refractivity (Wildman–Crippen MR) is 101 cm³/mol. The Morgan fingerprint density at radius 1 is 1.11 bits per heavy atom. The van der Waals surface area contributed by atoms with E-state index >= 15 is 0 Å². The van der Waals surface area contributed by atoms with Crippen LogP contribution in [0.25, 0.3) is 0 Å². The number of methoxy groups -OCH3 is 2. The highest BCUT2D eigenvalue weighted by molar-refractivity contribution is 5.97. The number of carboxylic acids is 1. The third kappa shape index (κ3) is 5.37. The molecule has 2 N–H and O–H groups in total. The smallest absolute Gasteiger partial charge is 0.335 e. The van der Waals surface area contributed by atoms with E-state index in [4.69, 9.17) is 14.2 Å². The van der Waals surface area contributed by atoms with Crippen LogP contribution in [-0.4, -0.2) is 37.8 Å². The first kappa shape index (κ1) is 20.1. The van der Waals surface area contributed by atoms with Crippen molar-refractivity contribution in [2.75, 3.05) is 26.1 Å². The number of hydrogen-bond acceptors (Lipinski definition) is 5. The van der Waals surface area contributed by atoms with Crippen molar-refractivity contribution in [2.45, 2.75) is 19.8 Å². The number of anilines is 1. The van der Waals surface area contributed by atoms with E-state index < -0.39 is 5.97 Å². The van der Waals surface area contributed by atoms with Gasteiger partial charge in [-0.05, 0) is 36.2 Å². The zero-order chi connectivity index (χ0) is 19.8. The summed E-state index contributed by atoms with van der Waals surface area (Å²) in [7, 11) is 2.82. The lowest BCUT2D eigenvalue weighted by molar-refractivity contribution is -0.115. The fourth-order valence-electron chi connectivity index (χ4n) is 2.53. The highest BCUT2D eigenvalue weighted by Gasteiger charge is 2.17. The number of amides is 1. The lowest BCUT2D eigenvalue weighted by Gasteiger charge is -2.15. The minimum Gasteiger partial charge on any atom is -0.494 e. The van der Waals surface area contributed by atoms with Gasteiger partial charge in [-0.2, -0.15) is 0 Å². The van der Waals surface area contributed by atoms with Crippen molar-refractivity contribution in [3.8, 4) is 17.2 Å². The van der Waals surface area contributed by atoms with Crippen LogP contribution in [0.5, 0.6) is 17.2 Å². The van der Waals surface area contributed by atoms with E-state index in [1.807, 2.05) is 25.1 Å². The predicted octanol–water partition coefficient (Wildman–Crippen LogP) is 3.37. The van der Waals surface area contributed by atoms with Gasteiger partial charge in [-0.1, -0.05) is 19.1 Å². The number of carboxylic acid groups (broad SMARTS) is 1. The highest BCUT2D eigenvalue weighted by Crippen LogP contribution is 2.36. The second-order valence-corrected chi connectivity index (χ2v) is 5.79. The van der Waals surface area contributed by atoms with Gasteiger partial charge in [0, 0.05) is 0 Å². The van der Waals surface area contributed by atoms with Gasteiger partial charge in [0.15, 0.2) is 11.5 Å². The van der Waals surface area contributed by atoms with Crippen LogP contribution >= 0.6 is 0 Å². The number of benzene rings is 2. The van der Waals surface area contributed by atoms with Crippen LogP contribution < -0.4 is 19.5 Å². The molecule has 2 rings (SSSR count). The molecule has 0 aliphatic carbocycles. The minimum atomic E-state index is -1.13. The Morgan fingerprint density at radius 3 is 2.52 bits per heavy atom. The van der Waals surface area contributed by atoms with Crippen LogP contribution in [0.4, 0.5) is 5.69 Å². The van der Waals surface area contributed by atoms with Crippen LogP contribution in [0.2, 0.25) is 0 Å². The van der Waals surface area contributed by atoms with Crippen LogP contribution in [0.1, 0.15) is 29.3 Å². The first-order valence-corrected chi connectivity index (χ1v) is 8.49. The van der Waals surface area contributed by atoms with E-state index in [2.05, 4.69) is 5.32 Å². The van der Waals surface area contributed by atoms with Crippen molar-refractivity contribution >= 4 is 17.6 Å². The van der Waals surface area contributed by atoms with Gasteiger partial charge in [-0.25, -0.2) is 4.79 Å². The van der Waals surface area contributed by atoms with Gasteiger partial charge < -0.3 is 24.6 Å². The topological polar surface area (TPSA) is 94.1 Å². The molecule has 2 aromatic carbocycles. The molecule has 0 saturated carbocycles. The van der Waals surface area contributed by atoms with Crippen LogP contribution in [0, 0.1) is 0 Å². The Balaban J connectivity index is 2.20. The Hall–Kier alpha value is -3.22. The Kier molecular flexibility index (Phi) is 7.05. The lowest BCUT2D eigenvalue weighted by Crippen LogP contribution is -2.16. The zero-order valence-corrected chi connectivity index (χ0v) is 15.6. The maximum atomic E-state index is 12.5. The molecule has 0 unspecified atom stereocenters. The van der Waals surface area contributed by atoms with Gasteiger partial charge in [0.05, 0.1) is 38.5 Å². The summed E-state index contributed by atoms with van der Waals surface area (Å²) in [4.78, 5) is 23.8. The molecular formula is C20H23NO6. The fraction of sp³-hybridized carbons (Fsp3) is 0.300. The summed E-state index contributed by atoms with van der Waals surface area (Å²) >= 11 is 0. The molecule has 0 radical (unpaired) electrons.